The van der Waals surface area contributed by atoms with Crippen molar-refractivity contribution in [1.82, 2.24) is 4.98 Å². The molecule has 0 aliphatic rings. The number of nitrogens with zero attached hydrogens (tertiary/aromatic N) is 1. The highest BCUT2D eigenvalue weighted by molar-refractivity contribution is 5.85. The van der Waals surface area contributed by atoms with Gasteiger partial charge >= 0.3 is 5.97 Å². The van der Waals surface area contributed by atoms with Crippen LogP contribution in [0.25, 0.3) is 45.2 Å². The van der Waals surface area contributed by atoms with Gasteiger partial charge in [0.2, 0.25) is 5.89 Å². The largest absolute Gasteiger partial charge is 0.480 e. The highest BCUT2D eigenvalue weighted by atomic mass is 16.4. The van der Waals surface area contributed by atoms with Gasteiger partial charge in [0.1, 0.15) is 12.2 Å². The maximum absolute atomic E-state index is 11.0. The molecule has 0 radical (unpaired) electrons. The molecular weight excluding hydrogens is 436 g/mol. The summed E-state index contributed by atoms with van der Waals surface area (Å²) in [6.45, 7) is -0.147. The summed E-state index contributed by atoms with van der Waals surface area (Å²) in [7, 11) is 0. The van der Waals surface area contributed by atoms with Gasteiger partial charge in [0, 0.05) is 22.4 Å². The van der Waals surface area contributed by atoms with Crippen LogP contribution in [-0.2, 0) is 4.79 Å². The van der Waals surface area contributed by atoms with Gasteiger partial charge < -0.3 is 14.8 Å². The fourth-order valence-corrected chi connectivity index (χ4v) is 3.91. The van der Waals surface area contributed by atoms with Gasteiger partial charge in [-0.05, 0) is 29.3 Å². The van der Waals surface area contributed by atoms with Crippen LogP contribution < -0.4 is 5.32 Å². The number of rotatable bonds is 7. The molecule has 0 unspecified atom stereocenters. The molecular formula is C30H26N2O3. The van der Waals surface area contributed by atoms with E-state index in [9.17, 15) is 4.79 Å². The predicted octanol–water partition coefficient (Wildman–Crippen LogP) is 7.48. The van der Waals surface area contributed by atoms with Crippen LogP contribution in [0.15, 0.2) is 114 Å². The van der Waals surface area contributed by atoms with E-state index in [0.717, 1.165) is 39.2 Å². The van der Waals surface area contributed by atoms with Gasteiger partial charge in [0.05, 0.1) is 0 Å². The van der Waals surface area contributed by atoms with Crippen molar-refractivity contribution in [2.45, 2.75) is 7.43 Å². The summed E-state index contributed by atoms with van der Waals surface area (Å²) in [6.07, 6.45) is 0. The van der Waals surface area contributed by atoms with Crippen LogP contribution >= 0.6 is 0 Å². The van der Waals surface area contributed by atoms with Crippen LogP contribution in [0, 0.1) is 0 Å². The number of anilines is 1. The molecule has 5 rings (SSSR count). The van der Waals surface area contributed by atoms with Gasteiger partial charge in [-0.15, -0.1) is 0 Å². The first-order chi connectivity index (χ1) is 16.7. The maximum Gasteiger partial charge on any atom is 0.322 e. The van der Waals surface area contributed by atoms with Crippen molar-refractivity contribution in [3.8, 4) is 45.2 Å². The molecule has 0 amide bonds. The summed E-state index contributed by atoms with van der Waals surface area (Å²) < 4.78 is 6.41. The van der Waals surface area contributed by atoms with Crippen molar-refractivity contribution in [3.05, 3.63) is 109 Å². The third-order valence-corrected chi connectivity index (χ3v) is 5.49. The van der Waals surface area contributed by atoms with Gasteiger partial charge in [-0.2, -0.15) is 0 Å². The zero-order valence-electron chi connectivity index (χ0n) is 18.3. The fourth-order valence-electron chi connectivity index (χ4n) is 3.91. The van der Waals surface area contributed by atoms with E-state index in [1.54, 1.807) is 0 Å². The fraction of sp³-hybridized carbons (Fsp3) is 0.0667. The molecule has 5 heteroatoms. The van der Waals surface area contributed by atoms with Gasteiger partial charge in [0.15, 0.2) is 5.76 Å². The second kappa shape index (κ2) is 10.5. The number of nitrogens with one attached hydrogen (secondary N) is 1. The molecule has 5 aromatic rings. The zero-order valence-corrected chi connectivity index (χ0v) is 18.3. The molecule has 0 atom stereocenters. The summed E-state index contributed by atoms with van der Waals surface area (Å²) in [4.78, 5) is 15.9. The normalized spacial score (nSPS) is 10.4. The monoisotopic (exact) mass is 462 g/mol. The predicted molar refractivity (Wildman–Crippen MR) is 141 cm³/mol. The first kappa shape index (κ1) is 23.5. The SMILES string of the molecule is C.O=C(O)CNc1cccc(-c2ccccc2-c2nc(-c3ccccc3)c(-c3ccccc3)o2)c1. The summed E-state index contributed by atoms with van der Waals surface area (Å²) in [6, 6.07) is 35.6. The molecule has 35 heavy (non-hydrogen) atoms. The third-order valence-electron chi connectivity index (χ3n) is 5.49. The van der Waals surface area contributed by atoms with Gasteiger partial charge in [-0.1, -0.05) is 98.4 Å². The molecule has 0 saturated carbocycles. The maximum atomic E-state index is 11.0. The number of carboxylic acid groups (broad SMARTS) is 1. The van der Waals surface area contributed by atoms with Crippen molar-refractivity contribution >= 4 is 11.7 Å². The molecule has 0 aliphatic heterocycles. The third kappa shape index (κ3) is 5.14. The molecule has 2 N–H and O–H groups in total. The van der Waals surface area contributed by atoms with Crippen LogP contribution in [0.3, 0.4) is 0 Å². The Morgan fingerprint density at radius 1 is 0.743 bits per heavy atom. The van der Waals surface area contributed by atoms with E-state index in [0.29, 0.717) is 11.7 Å². The van der Waals surface area contributed by atoms with Gasteiger partial charge in [-0.25, -0.2) is 4.98 Å². The number of hydrogen-bond acceptors (Lipinski definition) is 4. The molecule has 0 spiro atoms. The van der Waals surface area contributed by atoms with E-state index >= 15 is 0 Å². The van der Waals surface area contributed by atoms with Crippen molar-refractivity contribution in [2.24, 2.45) is 0 Å². The summed E-state index contributed by atoms with van der Waals surface area (Å²) >= 11 is 0. The lowest BCUT2D eigenvalue weighted by Crippen LogP contribution is -2.12. The molecule has 0 bridgehead atoms. The number of aromatic nitrogens is 1. The second-order valence-corrected chi connectivity index (χ2v) is 7.80. The minimum absolute atomic E-state index is 0. The topological polar surface area (TPSA) is 75.4 Å². The molecule has 0 fully saturated rings. The molecule has 1 aromatic heterocycles. The first-order valence-corrected chi connectivity index (χ1v) is 11.0. The van der Waals surface area contributed by atoms with Gasteiger partial charge in [0.25, 0.3) is 0 Å². The Morgan fingerprint density at radius 3 is 2.03 bits per heavy atom. The van der Waals surface area contributed by atoms with E-state index in [2.05, 4.69) is 5.32 Å². The summed E-state index contributed by atoms with van der Waals surface area (Å²) in [5.41, 5.74) is 6.20. The summed E-state index contributed by atoms with van der Waals surface area (Å²) in [5.74, 6) is 0.332. The molecule has 174 valence electrons. The molecule has 4 aromatic carbocycles. The van der Waals surface area contributed by atoms with Crippen molar-refractivity contribution < 1.29 is 14.3 Å². The van der Waals surface area contributed by atoms with Gasteiger partial charge in [-0.3, -0.25) is 4.79 Å². The van der Waals surface area contributed by atoms with E-state index in [1.807, 2.05) is 109 Å². The molecule has 5 nitrogen and oxygen atoms in total. The summed E-state index contributed by atoms with van der Waals surface area (Å²) in [5, 5.41) is 11.9. The Kier molecular flexibility index (Phi) is 7.07. The Morgan fingerprint density at radius 2 is 1.34 bits per heavy atom. The lowest BCUT2D eigenvalue weighted by molar-refractivity contribution is -0.134. The Bertz CT molecular complexity index is 1370. The average molecular weight is 463 g/mol. The molecule has 0 saturated heterocycles. The molecule has 0 aliphatic carbocycles. The second-order valence-electron chi connectivity index (χ2n) is 7.80. The van der Waals surface area contributed by atoms with Crippen molar-refractivity contribution in [3.63, 3.8) is 0 Å². The van der Waals surface area contributed by atoms with Crippen LogP contribution in [0.5, 0.6) is 0 Å². The van der Waals surface area contributed by atoms with E-state index in [1.165, 1.54) is 0 Å². The standard InChI is InChI=1S/C29H22N2O3.CH4/c32-26(33)19-30-23-15-9-14-22(18-23)24-16-7-8-17-25(24)29-31-27(20-10-3-1-4-11-20)28(34-29)21-12-5-2-6-13-21;/h1-18,30H,19H2,(H,32,33);1H4. The minimum Gasteiger partial charge on any atom is -0.480 e. The number of hydrogen-bond donors (Lipinski definition) is 2. The van der Waals surface area contributed by atoms with Crippen LogP contribution in [0.4, 0.5) is 5.69 Å². The zero-order chi connectivity index (χ0) is 23.3. The Hall–Kier alpha value is -4.64. The Labute approximate surface area is 204 Å². The number of oxazole rings is 1. The van der Waals surface area contributed by atoms with Crippen LogP contribution in [0.2, 0.25) is 0 Å². The average Bonchev–Trinajstić information content (AvgIpc) is 3.34. The lowest BCUT2D eigenvalue weighted by atomic mass is 9.99. The highest BCUT2D eigenvalue weighted by Crippen LogP contribution is 2.39. The molecule has 1 heterocycles. The van der Waals surface area contributed by atoms with Crippen molar-refractivity contribution in [1.29, 1.82) is 0 Å². The van der Waals surface area contributed by atoms with E-state index in [4.69, 9.17) is 14.5 Å². The van der Waals surface area contributed by atoms with E-state index in [-0.39, 0.29) is 14.0 Å². The smallest absolute Gasteiger partial charge is 0.322 e. The number of benzene rings is 4. The number of carboxylic acids is 1. The van der Waals surface area contributed by atoms with Crippen LogP contribution in [-0.4, -0.2) is 22.6 Å². The Balaban J connectivity index is 0.00000289. The van der Waals surface area contributed by atoms with E-state index < -0.39 is 5.97 Å². The van der Waals surface area contributed by atoms with Crippen LogP contribution in [0.1, 0.15) is 7.43 Å². The lowest BCUT2D eigenvalue weighted by Gasteiger charge is -2.10. The quantitative estimate of drug-likeness (QED) is 0.262. The van der Waals surface area contributed by atoms with Crippen molar-refractivity contribution in [2.75, 3.05) is 11.9 Å². The number of aliphatic carboxylic acids is 1. The number of carbonyl (C=O) groups is 1. The minimum atomic E-state index is -0.910. The first-order valence-electron chi connectivity index (χ1n) is 11.0. The highest BCUT2D eigenvalue weighted by Gasteiger charge is 2.20.